The summed E-state index contributed by atoms with van der Waals surface area (Å²) in [5.74, 6) is -2.43. The number of sulfonamides is 1. The smallest absolute Gasteiger partial charge is 0.255 e. The zero-order chi connectivity index (χ0) is 22.8. The molecule has 0 aromatic heterocycles. The summed E-state index contributed by atoms with van der Waals surface area (Å²) in [4.78, 5) is 11.9. The number of anilines is 1. The van der Waals surface area contributed by atoms with Gasteiger partial charge >= 0.3 is 0 Å². The number of hydrogen-bond acceptors (Lipinski definition) is 5. The van der Waals surface area contributed by atoms with Gasteiger partial charge in [0.2, 0.25) is 10.0 Å². The number of nitrogens with one attached hydrogen (secondary N) is 1. The number of aliphatic hydroxyl groups is 1. The first-order valence-electron chi connectivity index (χ1n) is 9.38. The third kappa shape index (κ3) is 5.39. The fraction of sp³-hybridized carbons (Fsp3) is 0.350. The number of aliphatic hydroxyl groups excluding tert-OH is 1. The van der Waals surface area contributed by atoms with E-state index in [-0.39, 0.29) is 29.4 Å². The molecule has 0 aliphatic carbocycles. The van der Waals surface area contributed by atoms with Crippen molar-refractivity contribution in [2.75, 3.05) is 25.5 Å². The molecular weight excluding hydrogens is 454 g/mol. The number of halogens is 3. The van der Waals surface area contributed by atoms with Crippen LogP contribution < -0.4 is 5.32 Å². The van der Waals surface area contributed by atoms with Crippen molar-refractivity contribution < 1.29 is 31.8 Å². The molecule has 1 fully saturated rings. The molecule has 1 saturated heterocycles. The number of benzene rings is 2. The molecule has 2 unspecified atom stereocenters. The van der Waals surface area contributed by atoms with E-state index in [0.29, 0.717) is 12.8 Å². The van der Waals surface area contributed by atoms with Gasteiger partial charge in [-0.3, -0.25) is 4.79 Å². The summed E-state index contributed by atoms with van der Waals surface area (Å²) in [6, 6.07) is 6.47. The number of rotatable bonds is 5. The zero-order valence-corrected chi connectivity index (χ0v) is 18.1. The van der Waals surface area contributed by atoms with Crippen LogP contribution in [0.25, 0.3) is 0 Å². The Morgan fingerprint density at radius 3 is 2.55 bits per heavy atom. The minimum Gasteiger partial charge on any atom is -0.392 e. The maximum Gasteiger partial charge on any atom is 0.255 e. The molecule has 3 rings (SSSR count). The van der Waals surface area contributed by atoms with Crippen molar-refractivity contribution >= 4 is 33.2 Å². The Morgan fingerprint density at radius 2 is 1.87 bits per heavy atom. The Bertz CT molecular complexity index is 1080. The van der Waals surface area contributed by atoms with Crippen molar-refractivity contribution in [1.82, 2.24) is 4.31 Å². The molecule has 1 heterocycles. The van der Waals surface area contributed by atoms with Gasteiger partial charge in [0.25, 0.3) is 5.91 Å². The molecule has 0 radical (unpaired) electrons. The summed E-state index contributed by atoms with van der Waals surface area (Å²) >= 11 is 5.69. The molecule has 2 aromatic carbocycles. The van der Waals surface area contributed by atoms with E-state index < -0.39 is 44.7 Å². The molecule has 7 nitrogen and oxygen atoms in total. The van der Waals surface area contributed by atoms with E-state index >= 15 is 0 Å². The highest BCUT2D eigenvalue weighted by Crippen LogP contribution is 2.26. The van der Waals surface area contributed by atoms with Crippen LogP contribution >= 0.6 is 11.6 Å². The molecule has 0 saturated carbocycles. The Balaban J connectivity index is 1.90. The molecule has 2 aromatic rings. The van der Waals surface area contributed by atoms with Gasteiger partial charge in [0.05, 0.1) is 17.2 Å². The Labute approximate surface area is 183 Å². The van der Waals surface area contributed by atoms with Crippen LogP contribution in [-0.4, -0.2) is 56.1 Å². The van der Waals surface area contributed by atoms with Crippen LogP contribution in [0.4, 0.5) is 14.5 Å². The first kappa shape index (κ1) is 23.6. The van der Waals surface area contributed by atoms with E-state index in [2.05, 4.69) is 5.32 Å². The predicted octanol–water partition coefficient (Wildman–Crippen LogP) is 3.03. The first-order chi connectivity index (χ1) is 14.6. The van der Waals surface area contributed by atoms with Crippen LogP contribution in [0.15, 0.2) is 41.3 Å². The van der Waals surface area contributed by atoms with E-state index in [1.807, 2.05) is 0 Å². The van der Waals surface area contributed by atoms with Crippen molar-refractivity contribution in [3.63, 3.8) is 0 Å². The molecule has 1 amide bonds. The number of nitrogens with zero attached hydrogens (tertiary/aromatic N) is 1. The minimum absolute atomic E-state index is 0.0557. The number of carbonyl (C=O) groups excluding carboxylic acids is 1. The number of hydrogen-bond donors (Lipinski definition) is 2. The normalized spacial score (nSPS) is 20.3. The minimum atomic E-state index is -4.37. The Hall–Kier alpha value is -2.11. The van der Waals surface area contributed by atoms with Gasteiger partial charge < -0.3 is 15.2 Å². The third-order valence-electron chi connectivity index (χ3n) is 4.97. The van der Waals surface area contributed by atoms with Crippen molar-refractivity contribution in [3.05, 3.63) is 58.6 Å². The van der Waals surface area contributed by atoms with E-state index in [1.165, 1.54) is 19.2 Å². The van der Waals surface area contributed by atoms with Crippen LogP contribution in [0.5, 0.6) is 0 Å². The van der Waals surface area contributed by atoms with Gasteiger partial charge in [-0.05, 0) is 49.2 Å². The van der Waals surface area contributed by atoms with Gasteiger partial charge in [-0.25, -0.2) is 17.2 Å². The largest absolute Gasteiger partial charge is 0.392 e. The van der Waals surface area contributed by atoms with Crippen molar-refractivity contribution in [2.24, 2.45) is 0 Å². The summed E-state index contributed by atoms with van der Waals surface area (Å²) < 4.78 is 60.2. The number of methoxy groups -OCH3 is 1. The van der Waals surface area contributed by atoms with Gasteiger partial charge in [-0.2, -0.15) is 4.31 Å². The molecule has 1 aliphatic heterocycles. The van der Waals surface area contributed by atoms with E-state index in [4.69, 9.17) is 16.3 Å². The number of amides is 1. The third-order valence-corrected chi connectivity index (χ3v) is 7.10. The molecule has 0 bridgehead atoms. The quantitative estimate of drug-likeness (QED) is 0.694. The predicted molar refractivity (Wildman–Crippen MR) is 111 cm³/mol. The standard InChI is InChI=1S/C20H21ClF2N2O5S/c1-30-15-5-4-14(26)10-25(11-15)31(28,29)19-8-12(2-6-18(19)23)20(27)24-13-3-7-17(22)16(21)9-13/h2-3,6-9,14-15,26H,4-5,10-11H2,1H3,(H,24,27). The summed E-state index contributed by atoms with van der Waals surface area (Å²) in [7, 11) is -2.93. The molecule has 31 heavy (non-hydrogen) atoms. The molecule has 0 spiro atoms. The molecular formula is C20H21ClF2N2O5S. The number of ether oxygens (including phenoxy) is 1. The van der Waals surface area contributed by atoms with Crippen molar-refractivity contribution in [3.8, 4) is 0 Å². The fourth-order valence-electron chi connectivity index (χ4n) is 3.24. The first-order valence-corrected chi connectivity index (χ1v) is 11.2. The molecule has 168 valence electrons. The van der Waals surface area contributed by atoms with Crippen LogP contribution in [0.3, 0.4) is 0 Å². The van der Waals surface area contributed by atoms with Gasteiger partial charge in [-0.15, -0.1) is 0 Å². The topological polar surface area (TPSA) is 95.9 Å². The molecule has 2 atom stereocenters. The maximum atomic E-state index is 14.5. The lowest BCUT2D eigenvalue weighted by Crippen LogP contribution is -2.40. The lowest BCUT2D eigenvalue weighted by molar-refractivity contribution is 0.0849. The van der Waals surface area contributed by atoms with Crippen LogP contribution in [0.2, 0.25) is 5.02 Å². The maximum absolute atomic E-state index is 14.5. The average molecular weight is 475 g/mol. The summed E-state index contributed by atoms with van der Waals surface area (Å²) in [5, 5.41) is 12.3. The Kier molecular flexibility index (Phi) is 7.28. The highest BCUT2D eigenvalue weighted by molar-refractivity contribution is 7.89. The lowest BCUT2D eigenvalue weighted by atomic mass is 10.1. The van der Waals surface area contributed by atoms with Gasteiger partial charge in [-0.1, -0.05) is 11.6 Å². The number of carbonyl (C=O) groups is 1. The summed E-state index contributed by atoms with van der Waals surface area (Å²) in [5.41, 5.74) is 0.0581. The molecule has 11 heteroatoms. The molecule has 1 aliphatic rings. The summed E-state index contributed by atoms with van der Waals surface area (Å²) in [6.07, 6.45) is -0.581. The Morgan fingerprint density at radius 1 is 1.16 bits per heavy atom. The van der Waals surface area contributed by atoms with E-state index in [1.54, 1.807) is 0 Å². The van der Waals surface area contributed by atoms with Crippen LogP contribution in [0, 0.1) is 11.6 Å². The van der Waals surface area contributed by atoms with Crippen LogP contribution in [-0.2, 0) is 14.8 Å². The SMILES string of the molecule is COC1CCC(O)CN(S(=O)(=O)c2cc(C(=O)Nc3ccc(F)c(Cl)c3)ccc2F)C1. The fourth-order valence-corrected chi connectivity index (χ4v) is 5.02. The average Bonchev–Trinajstić information content (AvgIpc) is 2.92. The number of β-amino-alcohol motifs (C(OH)–C–C–N with tert-alkyl or cyclic N) is 1. The van der Waals surface area contributed by atoms with Crippen LogP contribution in [0.1, 0.15) is 23.2 Å². The van der Waals surface area contributed by atoms with E-state index in [0.717, 1.165) is 28.6 Å². The highest BCUT2D eigenvalue weighted by atomic mass is 35.5. The summed E-state index contributed by atoms with van der Waals surface area (Å²) in [6.45, 7) is -0.272. The second-order valence-electron chi connectivity index (χ2n) is 7.14. The van der Waals surface area contributed by atoms with Crippen molar-refractivity contribution in [2.45, 2.75) is 29.9 Å². The van der Waals surface area contributed by atoms with Gasteiger partial charge in [0.15, 0.2) is 0 Å². The van der Waals surface area contributed by atoms with Gasteiger partial charge in [0.1, 0.15) is 16.5 Å². The second kappa shape index (κ2) is 9.58. The van der Waals surface area contributed by atoms with Gasteiger partial charge in [0, 0.05) is 31.5 Å². The van der Waals surface area contributed by atoms with Crippen molar-refractivity contribution in [1.29, 1.82) is 0 Å². The zero-order valence-electron chi connectivity index (χ0n) is 16.5. The highest BCUT2D eigenvalue weighted by Gasteiger charge is 2.34. The lowest BCUT2D eigenvalue weighted by Gasteiger charge is -2.24. The monoisotopic (exact) mass is 474 g/mol. The molecule has 2 N–H and O–H groups in total. The van der Waals surface area contributed by atoms with E-state index in [9.17, 15) is 27.1 Å². The second-order valence-corrected chi connectivity index (χ2v) is 9.45.